The third kappa shape index (κ3) is 5.25. The predicted molar refractivity (Wildman–Crippen MR) is 116 cm³/mol. The number of amides is 1. The second-order valence-electron chi connectivity index (χ2n) is 9.18. The van der Waals surface area contributed by atoms with Crippen molar-refractivity contribution in [1.82, 2.24) is 14.5 Å². The summed E-state index contributed by atoms with van der Waals surface area (Å²) in [5.41, 5.74) is 1.35. The van der Waals surface area contributed by atoms with Gasteiger partial charge in [0.25, 0.3) is 5.91 Å². The number of aromatic nitrogens is 2. The standard InChI is InChI=1S/C21H32N4O3S/c1-9-22-29(27,28)15-11-10-14(2)16(12-15)19(26)23-18-13-17(20(3,4)5)24-25(18)21(6,7)8/h10-13,22H,9H2,1-8H3,(H,23,26). The van der Waals surface area contributed by atoms with Crippen LogP contribution in [0.3, 0.4) is 0 Å². The monoisotopic (exact) mass is 420 g/mol. The van der Waals surface area contributed by atoms with Gasteiger partial charge in [0.05, 0.1) is 16.1 Å². The molecule has 1 heterocycles. The highest BCUT2D eigenvalue weighted by atomic mass is 32.2. The first kappa shape index (κ1) is 23.1. The van der Waals surface area contributed by atoms with Crippen LogP contribution in [0.4, 0.5) is 5.82 Å². The second-order valence-corrected chi connectivity index (χ2v) is 10.9. The van der Waals surface area contributed by atoms with Gasteiger partial charge in [-0.05, 0) is 45.4 Å². The molecule has 7 nitrogen and oxygen atoms in total. The summed E-state index contributed by atoms with van der Waals surface area (Å²) in [6.07, 6.45) is 0. The Balaban J connectivity index is 2.47. The topological polar surface area (TPSA) is 93.1 Å². The number of anilines is 1. The van der Waals surface area contributed by atoms with Crippen LogP contribution in [0.5, 0.6) is 0 Å². The molecule has 0 spiro atoms. The zero-order chi connectivity index (χ0) is 22.2. The Hall–Kier alpha value is -2.19. The Labute approximate surface area is 173 Å². The molecule has 0 unspecified atom stereocenters. The summed E-state index contributed by atoms with van der Waals surface area (Å²) in [4.78, 5) is 13.1. The molecule has 0 saturated carbocycles. The summed E-state index contributed by atoms with van der Waals surface area (Å²) in [7, 11) is -3.65. The number of rotatable bonds is 5. The fourth-order valence-electron chi connectivity index (χ4n) is 2.82. The van der Waals surface area contributed by atoms with Gasteiger partial charge in [-0.2, -0.15) is 5.10 Å². The summed E-state index contributed by atoms with van der Waals surface area (Å²) < 4.78 is 28.9. The van der Waals surface area contributed by atoms with Gasteiger partial charge >= 0.3 is 0 Å². The molecule has 1 aromatic carbocycles. The zero-order valence-corrected chi connectivity index (χ0v) is 19.4. The van der Waals surface area contributed by atoms with Crippen molar-refractivity contribution in [3.05, 3.63) is 41.1 Å². The van der Waals surface area contributed by atoms with Crippen LogP contribution >= 0.6 is 0 Å². The van der Waals surface area contributed by atoms with E-state index in [1.54, 1.807) is 24.6 Å². The van der Waals surface area contributed by atoms with Gasteiger partial charge in [0, 0.05) is 23.6 Å². The molecule has 8 heteroatoms. The number of carbonyl (C=O) groups excluding carboxylic acids is 1. The summed E-state index contributed by atoms with van der Waals surface area (Å²) in [6, 6.07) is 6.42. The molecular formula is C21H32N4O3S. The average molecular weight is 421 g/mol. The van der Waals surface area contributed by atoms with Gasteiger partial charge in [0.1, 0.15) is 5.82 Å². The van der Waals surface area contributed by atoms with Crippen LogP contribution in [0.25, 0.3) is 0 Å². The van der Waals surface area contributed by atoms with Gasteiger partial charge in [-0.25, -0.2) is 17.8 Å². The minimum Gasteiger partial charge on any atom is -0.307 e. The van der Waals surface area contributed by atoms with E-state index in [1.807, 2.05) is 26.8 Å². The zero-order valence-electron chi connectivity index (χ0n) is 18.5. The quantitative estimate of drug-likeness (QED) is 0.769. The Kier molecular flexibility index (Phi) is 6.30. The lowest BCUT2D eigenvalue weighted by Gasteiger charge is -2.23. The molecule has 2 rings (SSSR count). The maximum absolute atomic E-state index is 13.0. The van der Waals surface area contributed by atoms with Crippen molar-refractivity contribution in [2.24, 2.45) is 0 Å². The van der Waals surface area contributed by atoms with Crippen molar-refractivity contribution in [2.75, 3.05) is 11.9 Å². The fraction of sp³-hybridized carbons (Fsp3) is 0.524. The van der Waals surface area contributed by atoms with Crippen LogP contribution in [-0.2, 0) is 21.0 Å². The maximum atomic E-state index is 13.0. The average Bonchev–Trinajstić information content (AvgIpc) is 2.99. The van der Waals surface area contributed by atoms with Crippen molar-refractivity contribution in [1.29, 1.82) is 0 Å². The maximum Gasteiger partial charge on any atom is 0.257 e. The molecule has 0 aliphatic heterocycles. The molecule has 1 amide bonds. The highest BCUT2D eigenvalue weighted by molar-refractivity contribution is 7.89. The first-order chi connectivity index (χ1) is 13.2. The van der Waals surface area contributed by atoms with Crippen LogP contribution < -0.4 is 10.0 Å². The summed E-state index contributed by atoms with van der Waals surface area (Å²) in [5, 5.41) is 7.62. The molecule has 0 fully saturated rings. The summed E-state index contributed by atoms with van der Waals surface area (Å²) >= 11 is 0. The van der Waals surface area contributed by atoms with Gasteiger partial charge in [0.15, 0.2) is 0 Å². The van der Waals surface area contributed by atoms with Crippen LogP contribution in [-0.4, -0.2) is 30.7 Å². The van der Waals surface area contributed by atoms with Crippen LogP contribution in [0.15, 0.2) is 29.2 Å². The molecule has 0 atom stereocenters. The summed E-state index contributed by atoms with van der Waals surface area (Å²) in [6.45, 7) is 16.0. The third-order valence-corrected chi connectivity index (χ3v) is 6.00. The molecule has 0 radical (unpaired) electrons. The van der Waals surface area contributed by atoms with Crippen molar-refractivity contribution in [3.63, 3.8) is 0 Å². The van der Waals surface area contributed by atoms with Gasteiger partial charge in [0.2, 0.25) is 10.0 Å². The first-order valence-corrected chi connectivity index (χ1v) is 11.2. The molecule has 160 valence electrons. The number of nitrogens with one attached hydrogen (secondary N) is 2. The number of benzene rings is 1. The molecule has 0 bridgehead atoms. The second kappa shape index (κ2) is 7.91. The molecule has 2 aromatic rings. The van der Waals surface area contributed by atoms with Crippen LogP contribution in [0.2, 0.25) is 0 Å². The van der Waals surface area contributed by atoms with E-state index < -0.39 is 10.0 Å². The van der Waals surface area contributed by atoms with Crippen molar-refractivity contribution in [3.8, 4) is 0 Å². The molecule has 29 heavy (non-hydrogen) atoms. The largest absolute Gasteiger partial charge is 0.307 e. The lowest BCUT2D eigenvalue weighted by atomic mass is 9.92. The van der Waals surface area contributed by atoms with E-state index in [-0.39, 0.29) is 28.3 Å². The Bertz CT molecular complexity index is 1010. The predicted octanol–water partition coefficient (Wildman–Crippen LogP) is 3.79. The highest BCUT2D eigenvalue weighted by Crippen LogP contribution is 2.28. The van der Waals surface area contributed by atoms with E-state index in [0.29, 0.717) is 16.9 Å². The minimum absolute atomic E-state index is 0.0646. The van der Waals surface area contributed by atoms with Gasteiger partial charge in [-0.3, -0.25) is 4.79 Å². The number of hydrogen-bond acceptors (Lipinski definition) is 4. The Morgan fingerprint density at radius 3 is 2.24 bits per heavy atom. The van der Waals surface area contributed by atoms with E-state index in [0.717, 1.165) is 5.69 Å². The van der Waals surface area contributed by atoms with Crippen molar-refractivity contribution in [2.45, 2.75) is 71.2 Å². The van der Waals surface area contributed by atoms with E-state index >= 15 is 0 Å². The molecule has 0 saturated heterocycles. The number of hydrogen-bond donors (Lipinski definition) is 2. The lowest BCUT2D eigenvalue weighted by Crippen LogP contribution is -2.27. The van der Waals surface area contributed by atoms with Crippen LogP contribution in [0.1, 0.15) is 70.1 Å². The Morgan fingerprint density at radius 1 is 1.10 bits per heavy atom. The summed E-state index contributed by atoms with van der Waals surface area (Å²) in [5.74, 6) is 0.202. The number of aryl methyl sites for hydroxylation is 1. The van der Waals surface area contributed by atoms with E-state index in [4.69, 9.17) is 5.10 Å². The van der Waals surface area contributed by atoms with Gasteiger partial charge in [-0.1, -0.05) is 33.8 Å². The minimum atomic E-state index is -3.65. The first-order valence-electron chi connectivity index (χ1n) is 9.69. The molecule has 2 N–H and O–H groups in total. The van der Waals surface area contributed by atoms with Gasteiger partial charge < -0.3 is 5.32 Å². The smallest absolute Gasteiger partial charge is 0.257 e. The van der Waals surface area contributed by atoms with Crippen molar-refractivity contribution >= 4 is 21.7 Å². The molecular weight excluding hydrogens is 388 g/mol. The lowest BCUT2D eigenvalue weighted by molar-refractivity contribution is 0.102. The van der Waals surface area contributed by atoms with E-state index in [2.05, 4.69) is 30.8 Å². The molecule has 1 aromatic heterocycles. The Morgan fingerprint density at radius 2 is 1.72 bits per heavy atom. The van der Waals surface area contributed by atoms with E-state index in [9.17, 15) is 13.2 Å². The molecule has 0 aliphatic rings. The number of sulfonamides is 1. The number of carbonyl (C=O) groups is 1. The fourth-order valence-corrected chi connectivity index (χ4v) is 3.88. The van der Waals surface area contributed by atoms with Crippen molar-refractivity contribution < 1.29 is 13.2 Å². The normalized spacial score (nSPS) is 12.8. The van der Waals surface area contributed by atoms with E-state index in [1.165, 1.54) is 12.1 Å². The van der Waals surface area contributed by atoms with Gasteiger partial charge in [-0.15, -0.1) is 0 Å². The number of nitrogens with zero attached hydrogens (tertiary/aromatic N) is 2. The SMILES string of the molecule is CCNS(=O)(=O)c1ccc(C)c(C(=O)Nc2cc(C(C)(C)C)nn2C(C)(C)C)c1. The van der Waals surface area contributed by atoms with Crippen LogP contribution in [0, 0.1) is 6.92 Å². The highest BCUT2D eigenvalue weighted by Gasteiger charge is 2.26. The third-order valence-electron chi connectivity index (χ3n) is 4.45. The molecule has 0 aliphatic carbocycles.